The number of aliphatic hydroxyl groups excluding tert-OH is 1. The van der Waals surface area contributed by atoms with E-state index in [-0.39, 0.29) is 29.8 Å². The second kappa shape index (κ2) is 6.91. The van der Waals surface area contributed by atoms with E-state index in [4.69, 9.17) is 4.74 Å². The number of aliphatic hydroxyl groups is 1. The number of fused-ring (bicyclic) bond motifs is 2. The van der Waals surface area contributed by atoms with Gasteiger partial charge in [0, 0.05) is 31.3 Å². The van der Waals surface area contributed by atoms with Crippen LogP contribution in [0.25, 0.3) is 0 Å². The Kier molecular flexibility index (Phi) is 4.90. The van der Waals surface area contributed by atoms with Crippen molar-refractivity contribution in [3.63, 3.8) is 0 Å². The van der Waals surface area contributed by atoms with Crippen molar-refractivity contribution in [3.05, 3.63) is 29.8 Å². The number of methoxy groups -OCH3 is 1. The summed E-state index contributed by atoms with van der Waals surface area (Å²) in [6.45, 7) is 3.54. The number of carbonyl (C=O) groups is 1. The van der Waals surface area contributed by atoms with E-state index in [0.29, 0.717) is 6.42 Å². The molecule has 4 heteroatoms. The highest BCUT2D eigenvalue weighted by Crippen LogP contribution is 2.35. The molecule has 1 amide bonds. The van der Waals surface area contributed by atoms with E-state index < -0.39 is 0 Å². The molecular formula is C19H27NO3. The smallest absolute Gasteiger partial charge is 0.223 e. The van der Waals surface area contributed by atoms with Gasteiger partial charge in [0.25, 0.3) is 0 Å². The van der Waals surface area contributed by atoms with Crippen molar-refractivity contribution in [2.45, 2.75) is 44.6 Å². The zero-order chi connectivity index (χ0) is 16.4. The lowest BCUT2D eigenvalue weighted by Gasteiger charge is -2.45. The van der Waals surface area contributed by atoms with Gasteiger partial charge >= 0.3 is 0 Å². The minimum atomic E-state index is -0.205. The third-order valence-electron chi connectivity index (χ3n) is 5.52. The molecule has 1 aromatic rings. The highest BCUT2D eigenvalue weighted by Gasteiger charge is 2.39. The Morgan fingerprint density at radius 2 is 2.04 bits per heavy atom. The van der Waals surface area contributed by atoms with E-state index in [0.717, 1.165) is 37.2 Å². The Balaban J connectivity index is 1.62. The van der Waals surface area contributed by atoms with Crippen LogP contribution >= 0.6 is 0 Å². The number of piperidine rings is 1. The number of amides is 1. The number of hydrogen-bond donors (Lipinski definition) is 1. The van der Waals surface area contributed by atoms with Crippen LogP contribution in [0.4, 0.5) is 0 Å². The molecule has 1 heterocycles. The Labute approximate surface area is 138 Å². The van der Waals surface area contributed by atoms with Crippen LogP contribution in [0.1, 0.15) is 44.1 Å². The summed E-state index contributed by atoms with van der Waals surface area (Å²) in [6.07, 6.45) is 3.60. The largest absolute Gasteiger partial charge is 0.497 e. The normalized spacial score (nSPS) is 28.3. The molecule has 126 valence electrons. The molecule has 1 aliphatic heterocycles. The zero-order valence-electron chi connectivity index (χ0n) is 14.1. The number of nitrogens with zero attached hydrogens (tertiary/aromatic N) is 1. The maximum absolute atomic E-state index is 12.7. The summed E-state index contributed by atoms with van der Waals surface area (Å²) >= 11 is 0. The first kappa shape index (κ1) is 16.3. The van der Waals surface area contributed by atoms with Gasteiger partial charge in [-0.2, -0.15) is 0 Å². The summed E-state index contributed by atoms with van der Waals surface area (Å²) in [6, 6.07) is 7.95. The lowest BCUT2D eigenvalue weighted by atomic mass is 9.75. The summed E-state index contributed by atoms with van der Waals surface area (Å²) in [5.41, 5.74) is 1.13. The van der Waals surface area contributed by atoms with Crippen molar-refractivity contribution in [1.29, 1.82) is 0 Å². The van der Waals surface area contributed by atoms with Crippen molar-refractivity contribution >= 4 is 5.91 Å². The van der Waals surface area contributed by atoms with Gasteiger partial charge in [-0.25, -0.2) is 0 Å². The van der Waals surface area contributed by atoms with Gasteiger partial charge in [-0.15, -0.1) is 0 Å². The number of carbonyl (C=O) groups excluding carboxylic acids is 1. The van der Waals surface area contributed by atoms with E-state index >= 15 is 0 Å². The van der Waals surface area contributed by atoms with Crippen molar-refractivity contribution in [1.82, 2.24) is 4.90 Å². The fourth-order valence-corrected chi connectivity index (χ4v) is 4.07. The summed E-state index contributed by atoms with van der Waals surface area (Å²) < 4.78 is 5.27. The number of hydrogen-bond acceptors (Lipinski definition) is 3. The third-order valence-corrected chi connectivity index (χ3v) is 5.52. The molecule has 1 aliphatic carbocycles. The maximum Gasteiger partial charge on any atom is 0.223 e. The molecule has 2 fully saturated rings. The van der Waals surface area contributed by atoms with Crippen LogP contribution < -0.4 is 4.74 Å². The molecule has 2 bridgehead atoms. The lowest BCUT2D eigenvalue weighted by Crippen LogP contribution is -2.53. The molecule has 1 saturated heterocycles. The van der Waals surface area contributed by atoms with Crippen molar-refractivity contribution in [2.75, 3.05) is 20.2 Å². The topological polar surface area (TPSA) is 49.8 Å². The lowest BCUT2D eigenvalue weighted by molar-refractivity contribution is -0.140. The van der Waals surface area contributed by atoms with E-state index in [1.54, 1.807) is 7.11 Å². The molecule has 4 nitrogen and oxygen atoms in total. The van der Waals surface area contributed by atoms with Gasteiger partial charge in [0.2, 0.25) is 5.91 Å². The summed E-state index contributed by atoms with van der Waals surface area (Å²) in [7, 11) is 1.66. The molecule has 2 aliphatic rings. The van der Waals surface area contributed by atoms with Crippen LogP contribution in [0.5, 0.6) is 5.75 Å². The molecule has 1 aromatic carbocycles. The molecule has 1 N–H and O–H groups in total. The Hall–Kier alpha value is -1.55. The van der Waals surface area contributed by atoms with Crippen molar-refractivity contribution < 1.29 is 14.6 Å². The van der Waals surface area contributed by atoms with Crippen molar-refractivity contribution in [2.24, 2.45) is 11.8 Å². The number of rotatable bonds is 4. The second-order valence-corrected chi connectivity index (χ2v) is 7.12. The molecule has 0 aromatic heterocycles. The molecule has 3 rings (SSSR count). The molecule has 0 radical (unpaired) electrons. The minimum Gasteiger partial charge on any atom is -0.497 e. The average molecular weight is 317 g/mol. The van der Waals surface area contributed by atoms with Gasteiger partial charge < -0.3 is 14.7 Å². The summed E-state index contributed by atoms with van der Waals surface area (Å²) in [4.78, 5) is 14.7. The van der Waals surface area contributed by atoms with E-state index in [1.807, 2.05) is 23.1 Å². The monoisotopic (exact) mass is 317 g/mol. The first-order valence-corrected chi connectivity index (χ1v) is 8.68. The summed E-state index contributed by atoms with van der Waals surface area (Å²) in [5, 5.41) is 10.3. The van der Waals surface area contributed by atoms with Crippen LogP contribution in [0.3, 0.4) is 0 Å². The van der Waals surface area contributed by atoms with Gasteiger partial charge in [-0.3, -0.25) is 4.79 Å². The first-order valence-electron chi connectivity index (χ1n) is 8.68. The SMILES string of the molecule is COc1cccc([C@@H](C)CC(=O)N2C[C@H]3CCC[C@@H](C2)C3O)c1. The van der Waals surface area contributed by atoms with Crippen LogP contribution in [0.2, 0.25) is 0 Å². The van der Waals surface area contributed by atoms with Gasteiger partial charge in [0.05, 0.1) is 13.2 Å². The number of ether oxygens (including phenoxy) is 1. The van der Waals surface area contributed by atoms with Gasteiger partial charge in [0.1, 0.15) is 5.75 Å². The van der Waals surface area contributed by atoms with Crippen LogP contribution in [-0.2, 0) is 4.79 Å². The van der Waals surface area contributed by atoms with Gasteiger partial charge in [-0.05, 0) is 36.5 Å². The molecule has 23 heavy (non-hydrogen) atoms. The standard InChI is InChI=1S/C19H27NO3/c1-13(14-5-4-8-17(10-14)23-2)9-18(21)20-11-15-6-3-7-16(12-20)19(15)22/h4-5,8,10,13,15-16,19,22H,3,6-7,9,11-12H2,1-2H3/t13-,15-,16+,19?/m0/s1. The zero-order valence-corrected chi connectivity index (χ0v) is 14.1. The predicted octanol–water partition coefficient (Wildman–Crippen LogP) is 2.81. The van der Waals surface area contributed by atoms with E-state index in [2.05, 4.69) is 13.0 Å². The highest BCUT2D eigenvalue weighted by molar-refractivity contribution is 5.77. The fraction of sp³-hybridized carbons (Fsp3) is 0.632. The molecule has 1 unspecified atom stereocenters. The van der Waals surface area contributed by atoms with Crippen molar-refractivity contribution in [3.8, 4) is 5.75 Å². The molecule has 0 spiro atoms. The Bertz CT molecular complexity index is 545. The quantitative estimate of drug-likeness (QED) is 0.929. The predicted molar refractivity (Wildman–Crippen MR) is 89.4 cm³/mol. The first-order chi connectivity index (χ1) is 11.1. The van der Waals surface area contributed by atoms with Crippen LogP contribution in [-0.4, -0.2) is 42.2 Å². The van der Waals surface area contributed by atoms with E-state index in [9.17, 15) is 9.90 Å². The Morgan fingerprint density at radius 1 is 1.35 bits per heavy atom. The summed E-state index contributed by atoms with van der Waals surface area (Å²) in [5.74, 6) is 1.77. The Morgan fingerprint density at radius 3 is 2.70 bits per heavy atom. The van der Waals surface area contributed by atoms with Gasteiger partial charge in [-0.1, -0.05) is 25.5 Å². The minimum absolute atomic E-state index is 0.171. The van der Waals surface area contributed by atoms with Gasteiger partial charge in [0.15, 0.2) is 0 Å². The number of benzene rings is 1. The second-order valence-electron chi connectivity index (χ2n) is 7.12. The third kappa shape index (κ3) is 3.52. The molecular weight excluding hydrogens is 290 g/mol. The average Bonchev–Trinajstić information content (AvgIpc) is 2.54. The maximum atomic E-state index is 12.7. The van der Waals surface area contributed by atoms with Crippen LogP contribution in [0.15, 0.2) is 24.3 Å². The molecule has 4 atom stereocenters. The van der Waals surface area contributed by atoms with Crippen LogP contribution in [0, 0.1) is 11.8 Å². The fourth-order valence-electron chi connectivity index (χ4n) is 4.07. The number of likely N-dealkylation sites (tertiary alicyclic amines) is 1. The highest BCUT2D eigenvalue weighted by atomic mass is 16.5. The molecule has 1 saturated carbocycles. The van der Waals surface area contributed by atoms with E-state index in [1.165, 1.54) is 6.42 Å².